The van der Waals surface area contributed by atoms with Crippen LogP contribution >= 0.6 is 27.3 Å². The third-order valence-corrected chi connectivity index (χ3v) is 5.09. The third-order valence-electron chi connectivity index (χ3n) is 2.89. The van der Waals surface area contributed by atoms with Crippen molar-refractivity contribution in [3.05, 3.63) is 33.1 Å². The molecule has 0 saturated carbocycles. The minimum absolute atomic E-state index is 0.998. The van der Waals surface area contributed by atoms with E-state index in [9.17, 15) is 0 Å². The van der Waals surface area contributed by atoms with Crippen molar-refractivity contribution in [2.24, 2.45) is 0 Å². The summed E-state index contributed by atoms with van der Waals surface area (Å²) in [5, 5.41) is 4.87. The number of aryl methyl sites for hydroxylation is 1. The van der Waals surface area contributed by atoms with E-state index in [1.54, 1.807) is 0 Å². The molecule has 3 heteroatoms. The molecule has 17 heavy (non-hydrogen) atoms. The summed E-state index contributed by atoms with van der Waals surface area (Å²) < 4.78 is 2.61. The van der Waals surface area contributed by atoms with Crippen LogP contribution in [0.4, 0.5) is 0 Å². The molecule has 0 spiro atoms. The monoisotopic (exact) mass is 311 g/mol. The van der Waals surface area contributed by atoms with Crippen LogP contribution in [0.3, 0.4) is 0 Å². The van der Waals surface area contributed by atoms with Gasteiger partial charge in [0.15, 0.2) is 0 Å². The highest BCUT2D eigenvalue weighted by Crippen LogP contribution is 2.36. The standard InChI is InChI=1S/C14H18BrNS/c1-3-6-10-11-7-5-8-12(15)14(11)17-13(10)9-16-4-2/h5,7-8,16H,3-4,6,9H2,1-2H3. The molecule has 2 aromatic rings. The van der Waals surface area contributed by atoms with Crippen molar-refractivity contribution in [2.45, 2.75) is 33.2 Å². The molecule has 1 aromatic carbocycles. The molecule has 0 unspecified atom stereocenters. The summed E-state index contributed by atoms with van der Waals surface area (Å²) in [6, 6.07) is 6.51. The lowest BCUT2D eigenvalue weighted by Gasteiger charge is -2.03. The van der Waals surface area contributed by atoms with Crippen LogP contribution in [0.1, 0.15) is 30.7 Å². The minimum atomic E-state index is 0.998. The van der Waals surface area contributed by atoms with Crippen LogP contribution in [0.15, 0.2) is 22.7 Å². The normalized spacial score (nSPS) is 11.2. The zero-order valence-electron chi connectivity index (χ0n) is 10.3. The topological polar surface area (TPSA) is 12.0 Å². The van der Waals surface area contributed by atoms with Crippen LogP contribution in [0.2, 0.25) is 0 Å². The summed E-state index contributed by atoms with van der Waals surface area (Å²) in [4.78, 5) is 1.50. The molecule has 0 aliphatic heterocycles. The molecule has 0 amide bonds. The highest BCUT2D eigenvalue weighted by molar-refractivity contribution is 9.10. The number of thiophene rings is 1. The van der Waals surface area contributed by atoms with Gasteiger partial charge < -0.3 is 5.32 Å². The SMILES string of the molecule is CCCc1c(CNCC)sc2c(Br)cccc12. The van der Waals surface area contributed by atoms with Crippen molar-refractivity contribution >= 4 is 37.4 Å². The van der Waals surface area contributed by atoms with E-state index in [1.807, 2.05) is 11.3 Å². The molecular weight excluding hydrogens is 294 g/mol. The van der Waals surface area contributed by atoms with Gasteiger partial charge in [0.25, 0.3) is 0 Å². The molecule has 0 bridgehead atoms. The smallest absolute Gasteiger partial charge is 0.0491 e. The van der Waals surface area contributed by atoms with E-state index in [4.69, 9.17) is 0 Å². The van der Waals surface area contributed by atoms with E-state index >= 15 is 0 Å². The molecule has 0 saturated heterocycles. The minimum Gasteiger partial charge on any atom is -0.312 e. The molecule has 0 aliphatic carbocycles. The second-order valence-electron chi connectivity index (χ2n) is 4.15. The van der Waals surface area contributed by atoms with E-state index < -0.39 is 0 Å². The highest BCUT2D eigenvalue weighted by Gasteiger charge is 2.12. The number of hydrogen-bond acceptors (Lipinski definition) is 2. The Morgan fingerprint density at radius 1 is 1.29 bits per heavy atom. The fraction of sp³-hybridized carbons (Fsp3) is 0.429. The summed E-state index contributed by atoms with van der Waals surface area (Å²) >= 11 is 5.57. The maximum Gasteiger partial charge on any atom is 0.0491 e. The maximum atomic E-state index is 3.65. The first-order chi connectivity index (χ1) is 8.27. The largest absolute Gasteiger partial charge is 0.312 e. The third kappa shape index (κ3) is 2.72. The second kappa shape index (κ2) is 5.98. The first-order valence-corrected chi connectivity index (χ1v) is 7.78. The Bertz CT molecular complexity index is 504. The maximum absolute atomic E-state index is 3.65. The Labute approximate surface area is 115 Å². The van der Waals surface area contributed by atoms with Crippen molar-refractivity contribution in [1.29, 1.82) is 0 Å². The Kier molecular flexibility index (Phi) is 4.60. The molecule has 92 valence electrons. The molecular formula is C14H18BrNS. The van der Waals surface area contributed by atoms with Crippen LogP contribution in [0.25, 0.3) is 10.1 Å². The van der Waals surface area contributed by atoms with Crippen LogP contribution in [0, 0.1) is 0 Å². The lowest BCUT2D eigenvalue weighted by atomic mass is 10.1. The first kappa shape index (κ1) is 13.1. The lowest BCUT2D eigenvalue weighted by Crippen LogP contribution is -2.11. The van der Waals surface area contributed by atoms with E-state index in [0.717, 1.165) is 13.1 Å². The van der Waals surface area contributed by atoms with Crippen molar-refractivity contribution in [2.75, 3.05) is 6.54 Å². The van der Waals surface area contributed by atoms with Crippen LogP contribution < -0.4 is 5.32 Å². The van der Waals surface area contributed by atoms with Crippen molar-refractivity contribution < 1.29 is 0 Å². The number of hydrogen-bond donors (Lipinski definition) is 1. The molecule has 2 rings (SSSR count). The summed E-state index contributed by atoms with van der Waals surface area (Å²) in [5.74, 6) is 0. The van der Waals surface area contributed by atoms with Gasteiger partial charge in [0.1, 0.15) is 0 Å². The second-order valence-corrected chi connectivity index (χ2v) is 6.11. The van der Waals surface area contributed by atoms with E-state index in [-0.39, 0.29) is 0 Å². The van der Waals surface area contributed by atoms with Gasteiger partial charge in [-0.05, 0) is 45.9 Å². The summed E-state index contributed by atoms with van der Waals surface area (Å²) in [7, 11) is 0. The summed E-state index contributed by atoms with van der Waals surface area (Å²) in [6.45, 7) is 6.43. The Morgan fingerprint density at radius 2 is 2.12 bits per heavy atom. The van der Waals surface area contributed by atoms with E-state index in [2.05, 4.69) is 53.3 Å². The molecule has 1 heterocycles. The highest BCUT2D eigenvalue weighted by atomic mass is 79.9. The first-order valence-electron chi connectivity index (χ1n) is 6.17. The van der Waals surface area contributed by atoms with E-state index in [1.165, 1.54) is 37.8 Å². The van der Waals surface area contributed by atoms with Crippen molar-refractivity contribution in [3.8, 4) is 0 Å². The molecule has 1 N–H and O–H groups in total. The Balaban J connectivity index is 2.49. The number of nitrogens with one attached hydrogen (secondary N) is 1. The molecule has 0 aliphatic rings. The summed E-state index contributed by atoms with van der Waals surface area (Å²) in [5.41, 5.74) is 1.54. The van der Waals surface area contributed by atoms with E-state index in [0.29, 0.717) is 0 Å². The Morgan fingerprint density at radius 3 is 2.82 bits per heavy atom. The fourth-order valence-corrected chi connectivity index (χ4v) is 3.92. The fourth-order valence-electron chi connectivity index (χ4n) is 2.09. The van der Waals surface area contributed by atoms with Crippen molar-refractivity contribution in [1.82, 2.24) is 5.32 Å². The van der Waals surface area contributed by atoms with Gasteiger partial charge in [0.2, 0.25) is 0 Å². The predicted molar refractivity (Wildman–Crippen MR) is 80.9 cm³/mol. The molecule has 0 fully saturated rings. The van der Waals surface area contributed by atoms with Gasteiger partial charge in [-0.25, -0.2) is 0 Å². The molecule has 1 aromatic heterocycles. The van der Waals surface area contributed by atoms with Gasteiger partial charge in [-0.15, -0.1) is 11.3 Å². The predicted octanol–water partition coefficient (Wildman–Crippen LogP) is 4.73. The van der Waals surface area contributed by atoms with Crippen LogP contribution in [-0.2, 0) is 13.0 Å². The summed E-state index contributed by atoms with van der Waals surface area (Å²) in [6.07, 6.45) is 2.38. The number of halogens is 1. The van der Waals surface area contributed by atoms with Crippen LogP contribution in [-0.4, -0.2) is 6.54 Å². The molecule has 0 atom stereocenters. The Hall–Kier alpha value is -0.380. The van der Waals surface area contributed by atoms with Gasteiger partial charge in [0.05, 0.1) is 0 Å². The van der Waals surface area contributed by atoms with Gasteiger partial charge in [0, 0.05) is 20.6 Å². The van der Waals surface area contributed by atoms with Crippen LogP contribution in [0.5, 0.6) is 0 Å². The average molecular weight is 312 g/mol. The van der Waals surface area contributed by atoms with Crippen molar-refractivity contribution in [3.63, 3.8) is 0 Å². The number of benzene rings is 1. The average Bonchev–Trinajstić information content (AvgIpc) is 2.67. The van der Waals surface area contributed by atoms with Gasteiger partial charge >= 0.3 is 0 Å². The molecule has 0 radical (unpaired) electrons. The van der Waals surface area contributed by atoms with Gasteiger partial charge in [-0.2, -0.15) is 0 Å². The number of fused-ring (bicyclic) bond motifs is 1. The zero-order valence-corrected chi connectivity index (χ0v) is 12.7. The lowest BCUT2D eigenvalue weighted by molar-refractivity contribution is 0.728. The zero-order chi connectivity index (χ0) is 12.3. The molecule has 1 nitrogen and oxygen atoms in total. The quantitative estimate of drug-likeness (QED) is 0.842. The van der Waals surface area contributed by atoms with Gasteiger partial charge in [-0.3, -0.25) is 0 Å². The van der Waals surface area contributed by atoms with Gasteiger partial charge in [-0.1, -0.05) is 32.4 Å². The number of rotatable bonds is 5.